The second-order valence-corrected chi connectivity index (χ2v) is 7.25. The van der Waals surface area contributed by atoms with Crippen molar-refractivity contribution in [3.63, 3.8) is 0 Å². The van der Waals surface area contributed by atoms with Crippen LogP contribution in [0.3, 0.4) is 0 Å². The molecule has 2 N–H and O–H groups in total. The minimum atomic E-state index is -0.282. The number of amides is 1. The molecule has 0 radical (unpaired) electrons. The van der Waals surface area contributed by atoms with Gasteiger partial charge >= 0.3 is 0 Å². The first-order valence-corrected chi connectivity index (χ1v) is 9.83. The van der Waals surface area contributed by atoms with Gasteiger partial charge in [0, 0.05) is 23.4 Å². The molecule has 3 rings (SSSR count). The highest BCUT2D eigenvalue weighted by atomic mass is 16.7. The number of hydrazone groups is 1. The summed E-state index contributed by atoms with van der Waals surface area (Å²) in [5.74, 6) is 2.42. The highest BCUT2D eigenvalue weighted by molar-refractivity contribution is 5.86. The molecule has 0 aliphatic carbocycles. The van der Waals surface area contributed by atoms with E-state index in [2.05, 4.69) is 15.8 Å². The summed E-state index contributed by atoms with van der Waals surface area (Å²) in [6.45, 7) is 8.09. The van der Waals surface area contributed by atoms with Crippen LogP contribution in [0.1, 0.15) is 33.3 Å². The van der Waals surface area contributed by atoms with Crippen molar-refractivity contribution in [2.45, 2.75) is 39.9 Å². The molecule has 1 heterocycles. The molecule has 2 aromatic carbocycles. The molecule has 8 nitrogen and oxygen atoms in total. The van der Waals surface area contributed by atoms with Crippen LogP contribution in [0.15, 0.2) is 41.5 Å². The van der Waals surface area contributed by atoms with Crippen molar-refractivity contribution in [2.75, 3.05) is 18.7 Å². The Morgan fingerprint density at radius 2 is 1.83 bits per heavy atom. The van der Waals surface area contributed by atoms with Gasteiger partial charge in [-0.15, -0.1) is 0 Å². The maximum Gasteiger partial charge on any atom is 0.259 e. The van der Waals surface area contributed by atoms with Crippen LogP contribution in [0, 0.1) is 0 Å². The summed E-state index contributed by atoms with van der Waals surface area (Å²) < 4.78 is 22.2. The van der Waals surface area contributed by atoms with E-state index < -0.39 is 0 Å². The number of carbonyl (C=O) groups is 1. The van der Waals surface area contributed by atoms with Crippen LogP contribution in [0.2, 0.25) is 0 Å². The number of carbonyl (C=O) groups excluding carboxylic acids is 1. The van der Waals surface area contributed by atoms with E-state index in [1.807, 2.05) is 52.0 Å². The summed E-state index contributed by atoms with van der Waals surface area (Å²) in [6, 6.07) is 10.9. The Morgan fingerprint density at radius 1 is 1.07 bits per heavy atom. The van der Waals surface area contributed by atoms with Crippen molar-refractivity contribution in [3.05, 3.63) is 42.0 Å². The van der Waals surface area contributed by atoms with Crippen molar-refractivity contribution in [3.8, 4) is 23.0 Å². The standard InChI is InChI=1S/C22H27N3O5/c1-14(2)29-18-7-5-16(20(10-18)30-15(3)4)11-24-25-22(26)12-23-17-6-8-19-21(9-17)28-13-27-19/h5-11,14-15,23H,12-13H2,1-4H3,(H,25,26)/b24-11-. The van der Waals surface area contributed by atoms with E-state index in [0.717, 1.165) is 17.0 Å². The Morgan fingerprint density at radius 3 is 2.60 bits per heavy atom. The first-order valence-electron chi connectivity index (χ1n) is 9.83. The van der Waals surface area contributed by atoms with E-state index in [1.54, 1.807) is 18.3 Å². The van der Waals surface area contributed by atoms with Crippen molar-refractivity contribution >= 4 is 17.8 Å². The predicted molar refractivity (Wildman–Crippen MR) is 115 cm³/mol. The highest BCUT2D eigenvalue weighted by Crippen LogP contribution is 2.34. The molecule has 0 saturated heterocycles. The molecule has 1 amide bonds. The van der Waals surface area contributed by atoms with Crippen LogP contribution in [0.25, 0.3) is 0 Å². The van der Waals surface area contributed by atoms with Crippen LogP contribution in [-0.2, 0) is 4.79 Å². The number of nitrogens with one attached hydrogen (secondary N) is 2. The minimum Gasteiger partial charge on any atom is -0.491 e. The van der Waals surface area contributed by atoms with Gasteiger partial charge in [0.15, 0.2) is 11.5 Å². The Labute approximate surface area is 176 Å². The molecule has 1 aliphatic rings. The van der Waals surface area contributed by atoms with Crippen LogP contribution < -0.4 is 29.7 Å². The fourth-order valence-electron chi connectivity index (χ4n) is 2.73. The van der Waals surface area contributed by atoms with Gasteiger partial charge in [-0.25, -0.2) is 5.43 Å². The molecule has 0 unspecified atom stereocenters. The molecule has 0 spiro atoms. The lowest BCUT2D eigenvalue weighted by molar-refractivity contribution is -0.119. The Kier molecular flexibility index (Phi) is 7.00. The normalized spacial score (nSPS) is 12.5. The van der Waals surface area contributed by atoms with Gasteiger partial charge < -0.3 is 24.3 Å². The predicted octanol–water partition coefficient (Wildman–Crippen LogP) is 3.55. The first-order chi connectivity index (χ1) is 14.4. The fourth-order valence-corrected chi connectivity index (χ4v) is 2.73. The summed E-state index contributed by atoms with van der Waals surface area (Å²) in [5, 5.41) is 7.06. The third kappa shape index (κ3) is 6.04. The number of ether oxygens (including phenoxy) is 4. The minimum absolute atomic E-state index is 0.00746. The summed E-state index contributed by atoms with van der Waals surface area (Å²) in [7, 11) is 0. The van der Waals surface area contributed by atoms with Gasteiger partial charge in [0.05, 0.1) is 25.0 Å². The third-order valence-corrected chi connectivity index (χ3v) is 3.94. The molecular weight excluding hydrogens is 386 g/mol. The van der Waals surface area contributed by atoms with Crippen LogP contribution in [-0.4, -0.2) is 37.7 Å². The van der Waals surface area contributed by atoms with Gasteiger partial charge in [-0.05, 0) is 52.0 Å². The number of benzene rings is 2. The Bertz CT molecular complexity index is 912. The fraction of sp³-hybridized carbons (Fsp3) is 0.364. The zero-order chi connectivity index (χ0) is 21.5. The zero-order valence-corrected chi connectivity index (χ0v) is 17.6. The van der Waals surface area contributed by atoms with Crippen LogP contribution in [0.5, 0.6) is 23.0 Å². The summed E-state index contributed by atoms with van der Waals surface area (Å²) in [4.78, 5) is 12.1. The van der Waals surface area contributed by atoms with E-state index in [1.165, 1.54) is 0 Å². The topological polar surface area (TPSA) is 90.4 Å². The highest BCUT2D eigenvalue weighted by Gasteiger charge is 2.13. The van der Waals surface area contributed by atoms with E-state index in [9.17, 15) is 4.79 Å². The molecule has 160 valence electrons. The van der Waals surface area contributed by atoms with Crippen molar-refractivity contribution in [2.24, 2.45) is 5.10 Å². The molecule has 8 heteroatoms. The Balaban J connectivity index is 1.56. The number of hydrogen-bond donors (Lipinski definition) is 2. The molecule has 0 aromatic heterocycles. The summed E-state index contributed by atoms with van der Waals surface area (Å²) >= 11 is 0. The van der Waals surface area contributed by atoms with Crippen LogP contribution >= 0.6 is 0 Å². The molecule has 0 fully saturated rings. The average Bonchev–Trinajstić information content (AvgIpc) is 3.15. The Hall–Kier alpha value is -3.42. The van der Waals surface area contributed by atoms with Crippen molar-refractivity contribution in [1.82, 2.24) is 5.43 Å². The largest absolute Gasteiger partial charge is 0.491 e. The summed E-state index contributed by atoms with van der Waals surface area (Å²) in [6.07, 6.45) is 1.61. The van der Waals surface area contributed by atoms with E-state index >= 15 is 0 Å². The van der Waals surface area contributed by atoms with E-state index in [0.29, 0.717) is 17.2 Å². The second-order valence-electron chi connectivity index (χ2n) is 7.25. The van der Waals surface area contributed by atoms with Gasteiger partial charge in [0.25, 0.3) is 5.91 Å². The number of rotatable bonds is 9. The SMILES string of the molecule is CC(C)Oc1ccc(/C=N\NC(=O)CNc2ccc3c(c2)OCO3)c(OC(C)C)c1. The number of nitrogens with zero attached hydrogens (tertiary/aromatic N) is 1. The lowest BCUT2D eigenvalue weighted by atomic mass is 10.2. The smallest absolute Gasteiger partial charge is 0.259 e. The average molecular weight is 413 g/mol. The van der Waals surface area contributed by atoms with Gasteiger partial charge in [-0.1, -0.05) is 0 Å². The van der Waals surface area contributed by atoms with Crippen LogP contribution in [0.4, 0.5) is 5.69 Å². The number of fused-ring (bicyclic) bond motifs is 1. The van der Waals surface area contributed by atoms with Gasteiger partial charge in [0.1, 0.15) is 11.5 Å². The third-order valence-electron chi connectivity index (χ3n) is 3.94. The zero-order valence-electron chi connectivity index (χ0n) is 17.6. The molecule has 2 aromatic rings. The second kappa shape index (κ2) is 9.87. The molecule has 0 saturated carbocycles. The maximum absolute atomic E-state index is 12.1. The van der Waals surface area contributed by atoms with E-state index in [-0.39, 0.29) is 31.5 Å². The monoisotopic (exact) mass is 413 g/mol. The molecule has 30 heavy (non-hydrogen) atoms. The van der Waals surface area contributed by atoms with Gasteiger partial charge in [0.2, 0.25) is 6.79 Å². The van der Waals surface area contributed by atoms with E-state index in [4.69, 9.17) is 18.9 Å². The number of anilines is 1. The van der Waals surface area contributed by atoms with Crippen molar-refractivity contribution < 1.29 is 23.7 Å². The van der Waals surface area contributed by atoms with Gasteiger partial charge in [-0.3, -0.25) is 4.79 Å². The lowest BCUT2D eigenvalue weighted by Gasteiger charge is -2.15. The molecule has 1 aliphatic heterocycles. The molecular formula is C22H27N3O5. The summed E-state index contributed by atoms with van der Waals surface area (Å²) in [5.41, 5.74) is 4.00. The lowest BCUT2D eigenvalue weighted by Crippen LogP contribution is -2.25. The molecule has 0 bridgehead atoms. The first kappa shape index (κ1) is 21.3. The maximum atomic E-state index is 12.1. The molecule has 0 atom stereocenters. The van der Waals surface area contributed by atoms with Gasteiger partial charge in [-0.2, -0.15) is 5.10 Å². The number of hydrogen-bond acceptors (Lipinski definition) is 7. The quantitative estimate of drug-likeness (QED) is 0.483. The van der Waals surface area contributed by atoms with Crippen molar-refractivity contribution in [1.29, 1.82) is 0 Å².